The molecule has 1 aromatic heterocycles. The number of anilines is 1. The Bertz CT molecular complexity index is 1030. The molecule has 1 atom stereocenters. The number of nitrogens with one attached hydrogen (secondary N) is 1. The number of aromatic nitrogens is 1. The molecule has 0 radical (unpaired) electrons. The third kappa shape index (κ3) is 5.63. The van der Waals surface area contributed by atoms with Crippen LogP contribution >= 0.6 is 7.37 Å². The lowest BCUT2D eigenvalue weighted by Crippen LogP contribution is -2.12. The molecule has 2 aromatic carbocycles. The van der Waals surface area contributed by atoms with Crippen molar-refractivity contribution in [3.05, 3.63) is 83.6 Å². The number of aryl methyl sites for hydroxylation is 1. The van der Waals surface area contributed by atoms with Crippen LogP contribution in [0, 0.1) is 6.92 Å². The van der Waals surface area contributed by atoms with Crippen LogP contribution < -0.4 is 5.32 Å². The van der Waals surface area contributed by atoms with Crippen LogP contribution in [-0.4, -0.2) is 24.2 Å². The second kappa shape index (κ2) is 9.17. The molecule has 0 fully saturated rings. The molecule has 1 heterocycles. The van der Waals surface area contributed by atoms with Crippen molar-refractivity contribution >= 4 is 19.0 Å². The largest absolute Gasteiger partial charge is 0.329 e. The van der Waals surface area contributed by atoms with Crippen molar-refractivity contribution in [1.82, 2.24) is 4.98 Å². The van der Waals surface area contributed by atoms with E-state index in [1.165, 1.54) is 0 Å². The van der Waals surface area contributed by atoms with Crippen LogP contribution in [0.2, 0.25) is 0 Å². The SMILES string of the molecule is CCOP(C)(=O)Cc1ccc(C(=O)Nc2ccc(C)c(-c3ccccn3)c2)cc1. The Hall–Kier alpha value is -2.75. The third-order valence-electron chi connectivity index (χ3n) is 4.52. The van der Waals surface area contributed by atoms with Crippen molar-refractivity contribution < 1.29 is 13.9 Å². The van der Waals surface area contributed by atoms with Gasteiger partial charge in [0.2, 0.25) is 7.37 Å². The number of pyridine rings is 1. The minimum absolute atomic E-state index is 0.197. The monoisotopic (exact) mass is 408 g/mol. The van der Waals surface area contributed by atoms with E-state index < -0.39 is 7.37 Å². The Labute approximate surface area is 171 Å². The predicted molar refractivity (Wildman–Crippen MR) is 118 cm³/mol. The quantitative estimate of drug-likeness (QED) is 0.505. The summed E-state index contributed by atoms with van der Waals surface area (Å²) < 4.78 is 17.6. The number of benzene rings is 2. The second-order valence-corrected chi connectivity index (χ2v) is 9.59. The topological polar surface area (TPSA) is 68.3 Å². The van der Waals surface area contributed by atoms with Gasteiger partial charge in [-0.15, -0.1) is 0 Å². The Balaban J connectivity index is 1.73. The first-order chi connectivity index (χ1) is 13.9. The van der Waals surface area contributed by atoms with E-state index in [4.69, 9.17) is 4.52 Å². The molecule has 0 spiro atoms. The van der Waals surface area contributed by atoms with Crippen molar-refractivity contribution in [3.63, 3.8) is 0 Å². The van der Waals surface area contributed by atoms with Gasteiger partial charge in [0, 0.05) is 35.8 Å². The molecule has 0 aliphatic heterocycles. The molecule has 1 N–H and O–H groups in total. The average Bonchev–Trinajstić information content (AvgIpc) is 2.70. The van der Waals surface area contributed by atoms with E-state index in [0.717, 1.165) is 22.4 Å². The lowest BCUT2D eigenvalue weighted by molar-refractivity contribution is 0.102. The molecule has 5 nitrogen and oxygen atoms in total. The van der Waals surface area contributed by atoms with Crippen LogP contribution in [-0.2, 0) is 15.3 Å². The van der Waals surface area contributed by atoms with Gasteiger partial charge in [0.25, 0.3) is 5.91 Å². The summed E-state index contributed by atoms with van der Waals surface area (Å²) in [5.41, 5.74) is 5.06. The lowest BCUT2D eigenvalue weighted by Gasteiger charge is -2.13. The van der Waals surface area contributed by atoms with E-state index in [0.29, 0.717) is 24.0 Å². The Morgan fingerprint density at radius 3 is 2.52 bits per heavy atom. The first-order valence-corrected chi connectivity index (χ1v) is 11.8. The van der Waals surface area contributed by atoms with Gasteiger partial charge in [-0.2, -0.15) is 0 Å². The van der Waals surface area contributed by atoms with Crippen LogP contribution in [0.5, 0.6) is 0 Å². The summed E-state index contributed by atoms with van der Waals surface area (Å²) in [7, 11) is -2.65. The van der Waals surface area contributed by atoms with E-state index in [9.17, 15) is 9.36 Å². The zero-order valence-electron chi connectivity index (χ0n) is 16.9. The molecule has 0 saturated heterocycles. The van der Waals surface area contributed by atoms with Gasteiger partial charge in [0.15, 0.2) is 0 Å². The van der Waals surface area contributed by atoms with E-state index >= 15 is 0 Å². The normalized spacial score (nSPS) is 12.9. The Morgan fingerprint density at radius 1 is 1.10 bits per heavy atom. The highest BCUT2D eigenvalue weighted by molar-refractivity contribution is 7.57. The van der Waals surface area contributed by atoms with Crippen molar-refractivity contribution in [2.24, 2.45) is 0 Å². The van der Waals surface area contributed by atoms with Gasteiger partial charge in [-0.05, 0) is 61.4 Å². The summed E-state index contributed by atoms with van der Waals surface area (Å²) in [5.74, 6) is -0.197. The van der Waals surface area contributed by atoms with Gasteiger partial charge in [-0.25, -0.2) is 0 Å². The summed E-state index contributed by atoms with van der Waals surface area (Å²) in [5, 5.41) is 2.94. The zero-order valence-corrected chi connectivity index (χ0v) is 17.8. The number of nitrogens with zero attached hydrogens (tertiary/aromatic N) is 1. The molecule has 0 bridgehead atoms. The zero-order chi connectivity index (χ0) is 20.9. The van der Waals surface area contributed by atoms with Crippen LogP contribution in [0.25, 0.3) is 11.3 Å². The Kier molecular flexibility index (Phi) is 6.63. The molecule has 1 amide bonds. The first kappa shape index (κ1) is 21.0. The smallest absolute Gasteiger partial charge is 0.255 e. The predicted octanol–water partition coefficient (Wildman–Crippen LogP) is 5.75. The first-order valence-electron chi connectivity index (χ1n) is 9.51. The average molecular weight is 408 g/mol. The summed E-state index contributed by atoms with van der Waals surface area (Å²) >= 11 is 0. The number of hydrogen-bond donors (Lipinski definition) is 1. The molecule has 6 heteroatoms. The molecule has 0 aliphatic carbocycles. The van der Waals surface area contributed by atoms with Gasteiger partial charge >= 0.3 is 0 Å². The van der Waals surface area contributed by atoms with E-state index in [2.05, 4.69) is 10.3 Å². The number of carbonyl (C=O) groups is 1. The number of carbonyl (C=O) groups excluding carboxylic acids is 1. The molecule has 29 heavy (non-hydrogen) atoms. The fraction of sp³-hybridized carbons (Fsp3) is 0.217. The molecular formula is C23H25N2O3P. The molecule has 0 aliphatic rings. The van der Waals surface area contributed by atoms with E-state index in [1.54, 1.807) is 25.0 Å². The summed E-state index contributed by atoms with van der Waals surface area (Å²) in [6.45, 7) is 5.90. The minimum Gasteiger partial charge on any atom is -0.329 e. The highest BCUT2D eigenvalue weighted by atomic mass is 31.2. The summed E-state index contributed by atoms with van der Waals surface area (Å²) in [4.78, 5) is 17.0. The van der Waals surface area contributed by atoms with Crippen molar-refractivity contribution in [3.8, 4) is 11.3 Å². The molecule has 150 valence electrons. The fourth-order valence-corrected chi connectivity index (χ4v) is 4.62. The van der Waals surface area contributed by atoms with Gasteiger partial charge in [-0.1, -0.05) is 24.3 Å². The number of hydrogen-bond acceptors (Lipinski definition) is 4. The van der Waals surface area contributed by atoms with Crippen LogP contribution in [0.15, 0.2) is 66.9 Å². The molecule has 3 aromatic rings. The highest BCUT2D eigenvalue weighted by Crippen LogP contribution is 2.45. The maximum absolute atomic E-state index is 12.6. The van der Waals surface area contributed by atoms with Crippen LogP contribution in [0.3, 0.4) is 0 Å². The maximum atomic E-state index is 12.6. The minimum atomic E-state index is -2.65. The third-order valence-corrected chi connectivity index (χ3v) is 6.27. The van der Waals surface area contributed by atoms with Gasteiger partial charge in [0.05, 0.1) is 12.3 Å². The standard InChI is InChI=1S/C23H25N2O3P/c1-4-28-29(3,27)16-18-9-11-19(12-10-18)23(26)25-20-13-8-17(2)21(15-20)22-7-5-6-14-24-22/h5-15H,4,16H2,1-3H3,(H,25,26). The molecule has 1 unspecified atom stereocenters. The summed E-state index contributed by atoms with van der Waals surface area (Å²) in [6.07, 6.45) is 2.11. The molecular weight excluding hydrogens is 383 g/mol. The maximum Gasteiger partial charge on any atom is 0.255 e. The van der Waals surface area contributed by atoms with Gasteiger partial charge in [-0.3, -0.25) is 14.3 Å². The van der Waals surface area contributed by atoms with Gasteiger partial charge < -0.3 is 9.84 Å². The second-order valence-electron chi connectivity index (χ2n) is 6.99. The van der Waals surface area contributed by atoms with Crippen molar-refractivity contribution in [2.45, 2.75) is 20.0 Å². The van der Waals surface area contributed by atoms with Crippen molar-refractivity contribution in [1.29, 1.82) is 0 Å². The Morgan fingerprint density at radius 2 is 1.86 bits per heavy atom. The van der Waals surface area contributed by atoms with Gasteiger partial charge in [0.1, 0.15) is 0 Å². The van der Waals surface area contributed by atoms with E-state index in [1.807, 2.05) is 62.4 Å². The molecule has 0 saturated carbocycles. The van der Waals surface area contributed by atoms with Crippen LogP contribution in [0.1, 0.15) is 28.4 Å². The lowest BCUT2D eigenvalue weighted by atomic mass is 10.0. The van der Waals surface area contributed by atoms with Crippen molar-refractivity contribution in [2.75, 3.05) is 18.6 Å². The highest BCUT2D eigenvalue weighted by Gasteiger charge is 2.16. The fourth-order valence-electron chi connectivity index (χ4n) is 3.11. The summed E-state index contributed by atoms with van der Waals surface area (Å²) in [6, 6.07) is 18.7. The number of amides is 1. The molecule has 3 rings (SSSR count). The van der Waals surface area contributed by atoms with Crippen LogP contribution in [0.4, 0.5) is 5.69 Å². The number of rotatable bonds is 7. The van der Waals surface area contributed by atoms with E-state index in [-0.39, 0.29) is 5.91 Å².